The van der Waals surface area contributed by atoms with Crippen molar-refractivity contribution in [2.45, 2.75) is 6.92 Å². The molecule has 18 heavy (non-hydrogen) atoms. The first kappa shape index (κ1) is 14.0. The highest BCUT2D eigenvalue weighted by atomic mass is 16.5. The summed E-state index contributed by atoms with van der Waals surface area (Å²) in [7, 11) is 0. The summed E-state index contributed by atoms with van der Waals surface area (Å²) in [4.78, 5) is 23.1. The lowest BCUT2D eigenvalue weighted by atomic mass is 10.1. The standard InChI is InChI=1S/C12H16N2O4/c1-7(5-15)10(16)6-18-12(17)11-8(13)3-2-4-9(11)14/h2-4,7,15H,5-6,13-14H2,1H3/t7-/m0/s1. The average Bonchev–Trinajstić information content (AvgIpc) is 2.34. The van der Waals surface area contributed by atoms with Crippen molar-refractivity contribution < 1.29 is 19.4 Å². The van der Waals surface area contributed by atoms with Gasteiger partial charge in [-0.15, -0.1) is 0 Å². The summed E-state index contributed by atoms with van der Waals surface area (Å²) in [5.74, 6) is -1.67. The van der Waals surface area contributed by atoms with Gasteiger partial charge in [-0.3, -0.25) is 4.79 Å². The Bertz CT molecular complexity index is 439. The summed E-state index contributed by atoms with van der Waals surface area (Å²) in [6.07, 6.45) is 0. The minimum Gasteiger partial charge on any atom is -0.454 e. The molecule has 0 aliphatic carbocycles. The molecule has 0 amide bonds. The van der Waals surface area contributed by atoms with Crippen molar-refractivity contribution in [3.05, 3.63) is 23.8 Å². The zero-order chi connectivity index (χ0) is 13.7. The molecule has 1 rings (SSSR count). The molecule has 98 valence electrons. The van der Waals surface area contributed by atoms with E-state index in [1.165, 1.54) is 12.1 Å². The number of esters is 1. The summed E-state index contributed by atoms with van der Waals surface area (Å²) in [6.45, 7) is 0.849. The monoisotopic (exact) mass is 252 g/mol. The van der Waals surface area contributed by atoms with Gasteiger partial charge in [-0.25, -0.2) is 4.79 Å². The number of hydrogen-bond donors (Lipinski definition) is 3. The summed E-state index contributed by atoms with van der Waals surface area (Å²) in [5, 5.41) is 8.77. The molecule has 0 unspecified atom stereocenters. The molecule has 1 atom stereocenters. The smallest absolute Gasteiger partial charge is 0.342 e. The van der Waals surface area contributed by atoms with Gasteiger partial charge in [-0.2, -0.15) is 0 Å². The molecular formula is C12H16N2O4. The van der Waals surface area contributed by atoms with E-state index < -0.39 is 18.5 Å². The van der Waals surface area contributed by atoms with Gasteiger partial charge in [0.25, 0.3) is 0 Å². The SMILES string of the molecule is C[C@@H](CO)C(=O)COC(=O)c1c(N)cccc1N. The summed E-state index contributed by atoms with van der Waals surface area (Å²) >= 11 is 0. The molecule has 1 aromatic carbocycles. The Balaban J connectivity index is 2.70. The number of aliphatic hydroxyl groups is 1. The number of ketones is 1. The van der Waals surface area contributed by atoms with Crippen LogP contribution < -0.4 is 11.5 Å². The number of nitrogens with two attached hydrogens (primary N) is 2. The Kier molecular flexibility index (Phi) is 4.67. The third-order valence-electron chi connectivity index (χ3n) is 2.50. The highest BCUT2D eigenvalue weighted by Crippen LogP contribution is 2.20. The van der Waals surface area contributed by atoms with Crippen LogP contribution >= 0.6 is 0 Å². The Morgan fingerprint density at radius 1 is 1.33 bits per heavy atom. The third-order valence-corrected chi connectivity index (χ3v) is 2.50. The molecule has 0 spiro atoms. The fourth-order valence-corrected chi connectivity index (χ4v) is 1.28. The largest absolute Gasteiger partial charge is 0.454 e. The quantitative estimate of drug-likeness (QED) is 0.509. The molecule has 5 N–H and O–H groups in total. The number of nitrogen functional groups attached to an aromatic ring is 2. The average molecular weight is 252 g/mol. The molecule has 6 heteroatoms. The molecule has 0 fully saturated rings. The molecule has 0 saturated heterocycles. The van der Waals surface area contributed by atoms with Gasteiger partial charge < -0.3 is 21.3 Å². The number of carbonyl (C=O) groups is 2. The number of rotatable bonds is 5. The second-order valence-electron chi connectivity index (χ2n) is 3.94. The number of anilines is 2. The van der Waals surface area contributed by atoms with Crippen LogP contribution in [0.1, 0.15) is 17.3 Å². The van der Waals surface area contributed by atoms with Crippen LogP contribution in [0.15, 0.2) is 18.2 Å². The number of aliphatic hydroxyl groups excluding tert-OH is 1. The predicted octanol–water partition coefficient (Wildman–Crippen LogP) is 0.205. The van der Waals surface area contributed by atoms with Crippen LogP contribution in [0.3, 0.4) is 0 Å². The zero-order valence-electron chi connectivity index (χ0n) is 10.1. The van der Waals surface area contributed by atoms with Crippen LogP contribution in [-0.2, 0) is 9.53 Å². The normalized spacial score (nSPS) is 11.9. The molecule has 0 aliphatic heterocycles. The second-order valence-corrected chi connectivity index (χ2v) is 3.94. The summed E-state index contributed by atoms with van der Waals surface area (Å²) in [5.41, 5.74) is 11.7. The van der Waals surface area contributed by atoms with Gasteiger partial charge in [-0.05, 0) is 12.1 Å². The Morgan fingerprint density at radius 2 is 1.89 bits per heavy atom. The van der Waals surface area contributed by atoms with Crippen molar-refractivity contribution >= 4 is 23.1 Å². The minimum atomic E-state index is -0.746. The highest BCUT2D eigenvalue weighted by Gasteiger charge is 2.18. The molecule has 6 nitrogen and oxygen atoms in total. The van der Waals surface area contributed by atoms with Crippen molar-refractivity contribution in [3.63, 3.8) is 0 Å². The van der Waals surface area contributed by atoms with Crippen molar-refractivity contribution in [1.82, 2.24) is 0 Å². The van der Waals surface area contributed by atoms with Crippen LogP contribution in [0.2, 0.25) is 0 Å². The van der Waals surface area contributed by atoms with E-state index in [-0.39, 0.29) is 29.3 Å². The lowest BCUT2D eigenvalue weighted by Gasteiger charge is -2.10. The molecular weight excluding hydrogens is 236 g/mol. The molecule has 0 bridgehead atoms. The molecule has 1 aromatic rings. The fourth-order valence-electron chi connectivity index (χ4n) is 1.28. The van der Waals surface area contributed by atoms with Crippen molar-refractivity contribution in [1.29, 1.82) is 0 Å². The van der Waals surface area contributed by atoms with Gasteiger partial charge in [0.15, 0.2) is 12.4 Å². The predicted molar refractivity (Wildman–Crippen MR) is 66.8 cm³/mol. The maximum absolute atomic E-state index is 11.7. The van der Waals surface area contributed by atoms with E-state index in [2.05, 4.69) is 0 Å². The van der Waals surface area contributed by atoms with Crippen molar-refractivity contribution in [2.75, 3.05) is 24.7 Å². The van der Waals surface area contributed by atoms with E-state index in [1.54, 1.807) is 13.0 Å². The lowest BCUT2D eigenvalue weighted by molar-refractivity contribution is -0.126. The Labute approximate surface area is 105 Å². The Hall–Kier alpha value is -2.08. The van der Waals surface area contributed by atoms with Gasteiger partial charge in [0.05, 0.1) is 6.61 Å². The zero-order valence-corrected chi connectivity index (χ0v) is 10.1. The van der Waals surface area contributed by atoms with Crippen LogP contribution in [-0.4, -0.2) is 30.1 Å². The molecule has 0 radical (unpaired) electrons. The first-order chi connectivity index (χ1) is 8.47. The number of carbonyl (C=O) groups excluding carboxylic acids is 2. The van der Waals surface area contributed by atoms with Gasteiger partial charge in [0.1, 0.15) is 5.56 Å². The van der Waals surface area contributed by atoms with E-state index in [0.29, 0.717) is 0 Å². The fraction of sp³-hybridized carbons (Fsp3) is 0.333. The topological polar surface area (TPSA) is 116 Å². The van der Waals surface area contributed by atoms with Gasteiger partial charge >= 0.3 is 5.97 Å². The van der Waals surface area contributed by atoms with E-state index >= 15 is 0 Å². The first-order valence-corrected chi connectivity index (χ1v) is 5.42. The van der Waals surface area contributed by atoms with Gasteiger partial charge in [0.2, 0.25) is 0 Å². The van der Waals surface area contributed by atoms with E-state index in [0.717, 1.165) is 0 Å². The van der Waals surface area contributed by atoms with Crippen molar-refractivity contribution in [3.8, 4) is 0 Å². The maximum Gasteiger partial charge on any atom is 0.342 e. The van der Waals surface area contributed by atoms with Gasteiger partial charge in [-0.1, -0.05) is 13.0 Å². The lowest BCUT2D eigenvalue weighted by Crippen LogP contribution is -2.23. The second kappa shape index (κ2) is 6.02. The van der Waals surface area contributed by atoms with Crippen LogP contribution in [0.25, 0.3) is 0 Å². The number of hydrogen-bond acceptors (Lipinski definition) is 6. The van der Waals surface area contributed by atoms with Gasteiger partial charge in [0, 0.05) is 17.3 Å². The molecule has 0 aromatic heterocycles. The Morgan fingerprint density at radius 3 is 2.39 bits per heavy atom. The van der Waals surface area contributed by atoms with Crippen LogP contribution in [0, 0.1) is 5.92 Å². The first-order valence-electron chi connectivity index (χ1n) is 5.42. The summed E-state index contributed by atoms with van der Waals surface area (Å²) < 4.78 is 4.81. The molecule has 0 heterocycles. The van der Waals surface area contributed by atoms with E-state index in [9.17, 15) is 9.59 Å². The number of Topliss-reactive ketones (excluding diaryl/α,β-unsaturated/α-hetero) is 1. The van der Waals surface area contributed by atoms with Crippen LogP contribution in [0.5, 0.6) is 0 Å². The van der Waals surface area contributed by atoms with Crippen molar-refractivity contribution in [2.24, 2.45) is 5.92 Å². The molecule has 0 aliphatic rings. The van der Waals surface area contributed by atoms with E-state index in [4.69, 9.17) is 21.3 Å². The van der Waals surface area contributed by atoms with Crippen LogP contribution in [0.4, 0.5) is 11.4 Å². The van der Waals surface area contributed by atoms with E-state index in [1.807, 2.05) is 0 Å². The maximum atomic E-state index is 11.7. The third kappa shape index (κ3) is 3.21. The highest BCUT2D eigenvalue weighted by molar-refractivity contribution is 6.01. The molecule has 0 saturated carbocycles. The summed E-state index contributed by atoms with van der Waals surface area (Å²) in [6, 6.07) is 4.65. The number of benzene rings is 1. The minimum absolute atomic E-state index is 0.0574. The number of ether oxygens (including phenoxy) is 1.